The van der Waals surface area contributed by atoms with Crippen LogP contribution in [0.25, 0.3) is 0 Å². The van der Waals surface area contributed by atoms with E-state index in [2.05, 4.69) is 11.9 Å². The summed E-state index contributed by atoms with van der Waals surface area (Å²) < 4.78 is 5.97. The lowest BCUT2D eigenvalue weighted by molar-refractivity contribution is 0.135. The summed E-state index contributed by atoms with van der Waals surface area (Å²) in [7, 11) is 0. The van der Waals surface area contributed by atoms with Crippen molar-refractivity contribution in [2.75, 3.05) is 0 Å². The second-order valence-corrected chi connectivity index (χ2v) is 5.15. The molecule has 3 nitrogen and oxygen atoms in total. The molecule has 1 fully saturated rings. The molecule has 2 rings (SSSR count). The topological polar surface area (TPSA) is 48.1 Å². The number of nitrogens with zero attached hydrogens (tertiary/aromatic N) is 1. The Morgan fingerprint density at radius 1 is 1.41 bits per heavy atom. The Labute approximate surface area is 107 Å². The van der Waals surface area contributed by atoms with E-state index in [4.69, 9.17) is 22.7 Å². The van der Waals surface area contributed by atoms with Crippen LogP contribution >= 0.6 is 12.2 Å². The normalized spacial score (nSPS) is 24.3. The van der Waals surface area contributed by atoms with Crippen LogP contribution in [0.15, 0.2) is 18.3 Å². The maximum absolute atomic E-state index is 5.97. The molecule has 1 saturated carbocycles. The molecule has 92 valence electrons. The van der Waals surface area contributed by atoms with E-state index in [-0.39, 0.29) is 6.10 Å². The van der Waals surface area contributed by atoms with Crippen LogP contribution in [0.3, 0.4) is 0 Å². The molecule has 0 saturated heterocycles. The number of aromatic nitrogens is 1. The molecule has 1 heterocycles. The molecule has 1 aromatic rings. The van der Waals surface area contributed by atoms with Crippen molar-refractivity contribution < 1.29 is 4.74 Å². The molecule has 4 heteroatoms. The summed E-state index contributed by atoms with van der Waals surface area (Å²) in [6.45, 7) is 2.29. The first-order chi connectivity index (χ1) is 8.16. The maximum Gasteiger partial charge on any atom is 0.148 e. The molecule has 0 atom stereocenters. The molecule has 0 spiro atoms. The monoisotopic (exact) mass is 250 g/mol. The highest BCUT2D eigenvalue weighted by Crippen LogP contribution is 2.28. The Morgan fingerprint density at radius 3 is 2.76 bits per heavy atom. The number of hydrogen-bond acceptors (Lipinski definition) is 3. The molecule has 2 N–H and O–H groups in total. The second-order valence-electron chi connectivity index (χ2n) is 4.71. The van der Waals surface area contributed by atoms with Crippen LogP contribution in [-0.2, 0) is 0 Å². The highest BCUT2D eigenvalue weighted by atomic mass is 32.1. The molecular weight excluding hydrogens is 232 g/mol. The number of rotatable bonds is 3. The SMILES string of the molecule is CC1CCC(Oc2cccnc2C(N)=S)CC1. The van der Waals surface area contributed by atoms with E-state index < -0.39 is 0 Å². The van der Waals surface area contributed by atoms with Gasteiger partial charge in [-0.25, -0.2) is 4.98 Å². The van der Waals surface area contributed by atoms with Gasteiger partial charge in [-0.3, -0.25) is 0 Å². The Morgan fingerprint density at radius 2 is 2.12 bits per heavy atom. The highest BCUT2D eigenvalue weighted by molar-refractivity contribution is 7.80. The molecular formula is C13H18N2OS. The lowest BCUT2D eigenvalue weighted by Gasteiger charge is -2.27. The molecule has 1 aliphatic rings. The van der Waals surface area contributed by atoms with Gasteiger partial charge in [-0.05, 0) is 43.7 Å². The summed E-state index contributed by atoms with van der Waals surface area (Å²) in [6, 6.07) is 3.74. The summed E-state index contributed by atoms with van der Waals surface area (Å²) in [4.78, 5) is 4.46. The molecule has 0 aliphatic heterocycles. The van der Waals surface area contributed by atoms with E-state index in [1.165, 1.54) is 12.8 Å². The van der Waals surface area contributed by atoms with E-state index in [0.29, 0.717) is 10.7 Å². The molecule has 17 heavy (non-hydrogen) atoms. The van der Waals surface area contributed by atoms with Crippen molar-refractivity contribution in [3.8, 4) is 5.75 Å². The average Bonchev–Trinajstić information content (AvgIpc) is 2.32. The quantitative estimate of drug-likeness (QED) is 0.838. The maximum atomic E-state index is 5.97. The van der Waals surface area contributed by atoms with Crippen molar-refractivity contribution in [3.05, 3.63) is 24.0 Å². The van der Waals surface area contributed by atoms with Crippen LogP contribution < -0.4 is 10.5 Å². The van der Waals surface area contributed by atoms with Crippen LogP contribution in [0.4, 0.5) is 0 Å². The van der Waals surface area contributed by atoms with E-state index >= 15 is 0 Å². The summed E-state index contributed by atoms with van der Waals surface area (Å²) >= 11 is 4.97. The van der Waals surface area contributed by atoms with Crippen LogP contribution in [0.2, 0.25) is 0 Å². The Hall–Kier alpha value is -1.16. The number of ether oxygens (including phenoxy) is 1. The zero-order valence-electron chi connectivity index (χ0n) is 10.1. The largest absolute Gasteiger partial charge is 0.488 e. The van der Waals surface area contributed by atoms with Gasteiger partial charge in [0, 0.05) is 6.20 Å². The van der Waals surface area contributed by atoms with E-state index in [0.717, 1.165) is 24.5 Å². The summed E-state index contributed by atoms with van der Waals surface area (Å²) in [5.74, 6) is 1.54. The summed E-state index contributed by atoms with van der Waals surface area (Å²) in [5, 5.41) is 0. The zero-order chi connectivity index (χ0) is 12.3. The molecule has 0 aromatic carbocycles. The van der Waals surface area contributed by atoms with Gasteiger partial charge in [0.1, 0.15) is 16.4 Å². The van der Waals surface area contributed by atoms with Crippen molar-refractivity contribution in [1.29, 1.82) is 0 Å². The number of thiocarbonyl (C=S) groups is 1. The first-order valence-electron chi connectivity index (χ1n) is 6.08. The van der Waals surface area contributed by atoms with E-state index in [1.807, 2.05) is 12.1 Å². The van der Waals surface area contributed by atoms with Gasteiger partial charge in [0.05, 0.1) is 6.10 Å². The van der Waals surface area contributed by atoms with Gasteiger partial charge in [0.25, 0.3) is 0 Å². The van der Waals surface area contributed by atoms with Crippen LogP contribution in [0.5, 0.6) is 5.75 Å². The fraction of sp³-hybridized carbons (Fsp3) is 0.538. The van der Waals surface area contributed by atoms with Crippen LogP contribution in [0, 0.1) is 5.92 Å². The smallest absolute Gasteiger partial charge is 0.148 e. The van der Waals surface area contributed by atoms with E-state index in [1.54, 1.807) is 6.20 Å². The van der Waals surface area contributed by atoms with Crippen molar-refractivity contribution in [2.24, 2.45) is 11.7 Å². The minimum absolute atomic E-state index is 0.281. The van der Waals surface area contributed by atoms with Gasteiger partial charge in [0.15, 0.2) is 0 Å². The van der Waals surface area contributed by atoms with Gasteiger partial charge < -0.3 is 10.5 Å². The molecule has 1 aromatic heterocycles. The third-order valence-corrected chi connectivity index (χ3v) is 3.45. The van der Waals surface area contributed by atoms with Gasteiger partial charge in [-0.15, -0.1) is 0 Å². The standard InChI is InChI=1S/C13H18N2OS/c1-9-4-6-10(7-5-9)16-11-3-2-8-15-12(11)13(14)17/h2-3,8-10H,4-7H2,1H3,(H2,14,17). The molecule has 0 bridgehead atoms. The van der Waals surface area contributed by atoms with Crippen molar-refractivity contribution in [3.63, 3.8) is 0 Å². The van der Waals surface area contributed by atoms with Crippen molar-refractivity contribution in [2.45, 2.75) is 38.7 Å². The fourth-order valence-electron chi connectivity index (χ4n) is 2.20. The first-order valence-corrected chi connectivity index (χ1v) is 6.49. The van der Waals surface area contributed by atoms with Gasteiger partial charge in [0.2, 0.25) is 0 Å². The van der Waals surface area contributed by atoms with Gasteiger partial charge in [-0.1, -0.05) is 19.1 Å². The Balaban J connectivity index is 2.05. The van der Waals surface area contributed by atoms with Crippen LogP contribution in [0.1, 0.15) is 38.3 Å². The third kappa shape index (κ3) is 3.16. The van der Waals surface area contributed by atoms with E-state index in [9.17, 15) is 0 Å². The first kappa shape index (κ1) is 12.3. The second kappa shape index (κ2) is 5.45. The zero-order valence-corrected chi connectivity index (χ0v) is 10.9. The molecule has 0 unspecified atom stereocenters. The summed E-state index contributed by atoms with van der Waals surface area (Å²) in [6.07, 6.45) is 6.63. The predicted molar refractivity (Wildman–Crippen MR) is 72.2 cm³/mol. The lowest BCUT2D eigenvalue weighted by Crippen LogP contribution is -2.24. The lowest BCUT2D eigenvalue weighted by atomic mass is 9.89. The predicted octanol–water partition coefficient (Wildman–Crippen LogP) is 2.67. The highest BCUT2D eigenvalue weighted by Gasteiger charge is 2.20. The summed E-state index contributed by atoms with van der Waals surface area (Å²) in [5.41, 5.74) is 6.23. The fourth-order valence-corrected chi connectivity index (χ4v) is 2.35. The van der Waals surface area contributed by atoms with Crippen LogP contribution in [-0.4, -0.2) is 16.1 Å². The van der Waals surface area contributed by atoms with Crippen molar-refractivity contribution >= 4 is 17.2 Å². The average molecular weight is 250 g/mol. The van der Waals surface area contributed by atoms with Crippen molar-refractivity contribution in [1.82, 2.24) is 4.98 Å². The third-order valence-electron chi connectivity index (χ3n) is 3.26. The molecule has 1 aliphatic carbocycles. The minimum Gasteiger partial charge on any atom is -0.488 e. The number of pyridine rings is 1. The number of hydrogen-bond donors (Lipinski definition) is 1. The Bertz CT molecular complexity index is 400. The minimum atomic E-state index is 0.281. The number of nitrogens with two attached hydrogens (primary N) is 1. The Kier molecular flexibility index (Phi) is 3.94. The molecule has 0 radical (unpaired) electrons. The van der Waals surface area contributed by atoms with Gasteiger partial charge in [-0.2, -0.15) is 0 Å². The molecule has 0 amide bonds. The van der Waals surface area contributed by atoms with Gasteiger partial charge >= 0.3 is 0 Å².